The normalized spacial score (nSPS) is 14.1. The number of nitrogens with zero attached hydrogens (tertiary/aromatic N) is 5. The molecule has 0 unspecified atom stereocenters. The lowest BCUT2D eigenvalue weighted by Crippen LogP contribution is -2.20. The molecule has 1 heterocycles. The van der Waals surface area contributed by atoms with Crippen LogP contribution in [0.2, 0.25) is 5.02 Å². The standard InChI is InChI=1S/C40H36ClN5S/c1-28-25-31(21-23-33(28)42-2)45(29-13-6-4-7-14-29)36-18-12-19-37(40(36)41)46(30-15-8-5-9-16-30)32-22-24-34(43-3)38(26-32)44-27-47-39-20-11-10-17-35(39)44/h4-9,12-16,18-19,21-26H,2-3,10-11,17,20,27H2,1H3. The highest BCUT2D eigenvalue weighted by atomic mass is 35.5. The lowest BCUT2D eigenvalue weighted by atomic mass is 10.0. The van der Waals surface area contributed by atoms with Crippen molar-refractivity contribution in [2.45, 2.75) is 32.6 Å². The first-order chi connectivity index (χ1) is 23.1. The van der Waals surface area contributed by atoms with Crippen LogP contribution < -0.4 is 14.7 Å². The fraction of sp³-hybridized carbons (Fsp3) is 0.150. The molecule has 0 radical (unpaired) electrons. The maximum Gasteiger partial charge on any atom is 0.0887 e. The zero-order chi connectivity index (χ0) is 32.3. The Bertz CT molecular complexity index is 1970. The topological polar surface area (TPSA) is 34.4 Å². The molecule has 47 heavy (non-hydrogen) atoms. The second kappa shape index (κ2) is 13.5. The van der Waals surface area contributed by atoms with Crippen LogP contribution >= 0.6 is 23.4 Å². The summed E-state index contributed by atoms with van der Waals surface area (Å²) in [6.07, 6.45) is 4.74. The number of hydrogen-bond donors (Lipinski definition) is 0. The number of para-hydroxylation sites is 2. The Morgan fingerprint density at radius 1 is 0.660 bits per heavy atom. The molecule has 5 nitrogen and oxygen atoms in total. The first-order valence-corrected chi connectivity index (χ1v) is 17.2. The zero-order valence-corrected chi connectivity index (χ0v) is 28.0. The van der Waals surface area contributed by atoms with Crippen molar-refractivity contribution in [3.63, 3.8) is 0 Å². The maximum atomic E-state index is 7.55. The summed E-state index contributed by atoms with van der Waals surface area (Å²) in [4.78, 5) is 17.0. The molecule has 5 aromatic carbocycles. The van der Waals surface area contributed by atoms with Crippen molar-refractivity contribution in [1.82, 2.24) is 0 Å². The second-order valence-corrected chi connectivity index (χ2v) is 13.1. The maximum absolute atomic E-state index is 7.55. The molecule has 1 aliphatic heterocycles. The smallest absolute Gasteiger partial charge is 0.0887 e. The van der Waals surface area contributed by atoms with Crippen LogP contribution in [0.15, 0.2) is 136 Å². The van der Waals surface area contributed by atoms with Gasteiger partial charge in [-0.15, -0.1) is 11.8 Å². The van der Waals surface area contributed by atoms with Gasteiger partial charge in [0.05, 0.1) is 39.3 Å². The predicted octanol–water partition coefficient (Wildman–Crippen LogP) is 12.5. The first-order valence-electron chi connectivity index (χ1n) is 15.9. The summed E-state index contributed by atoms with van der Waals surface area (Å²) in [5.41, 5.74) is 11.0. The van der Waals surface area contributed by atoms with Crippen molar-refractivity contribution >= 4 is 88.0 Å². The molecule has 0 amide bonds. The lowest BCUT2D eigenvalue weighted by Gasteiger charge is -2.32. The van der Waals surface area contributed by atoms with E-state index in [-0.39, 0.29) is 0 Å². The van der Waals surface area contributed by atoms with Crippen molar-refractivity contribution in [3.8, 4) is 0 Å². The van der Waals surface area contributed by atoms with E-state index in [1.165, 1.54) is 23.4 Å². The number of anilines is 7. The van der Waals surface area contributed by atoms with Gasteiger partial charge in [0.25, 0.3) is 0 Å². The molecule has 7 rings (SSSR count). The summed E-state index contributed by atoms with van der Waals surface area (Å²) < 4.78 is 0. The monoisotopic (exact) mass is 653 g/mol. The number of benzene rings is 5. The van der Waals surface area contributed by atoms with E-state index in [0.29, 0.717) is 5.02 Å². The molecule has 5 aromatic rings. The Balaban J connectivity index is 1.39. The molecule has 0 N–H and O–H groups in total. The Morgan fingerprint density at radius 3 is 1.83 bits per heavy atom. The Morgan fingerprint density at radius 2 is 1.23 bits per heavy atom. The third-order valence-corrected chi connectivity index (χ3v) is 10.4. The van der Waals surface area contributed by atoms with Crippen molar-refractivity contribution in [1.29, 1.82) is 0 Å². The van der Waals surface area contributed by atoms with Gasteiger partial charge in [-0.2, -0.15) is 0 Å². The van der Waals surface area contributed by atoms with Crippen molar-refractivity contribution < 1.29 is 0 Å². The van der Waals surface area contributed by atoms with Gasteiger partial charge in [-0.3, -0.25) is 9.98 Å². The van der Waals surface area contributed by atoms with Crippen molar-refractivity contribution in [2.75, 3.05) is 20.6 Å². The molecule has 0 saturated carbocycles. The fourth-order valence-electron chi connectivity index (χ4n) is 6.56. The van der Waals surface area contributed by atoms with Gasteiger partial charge < -0.3 is 14.7 Å². The van der Waals surface area contributed by atoms with Crippen LogP contribution in [0.3, 0.4) is 0 Å². The molecule has 0 aromatic heterocycles. The first kappa shape index (κ1) is 30.9. The molecule has 0 bridgehead atoms. The molecular formula is C40H36ClN5S. The molecule has 7 heteroatoms. The number of rotatable bonds is 9. The van der Waals surface area contributed by atoms with Gasteiger partial charge in [0.2, 0.25) is 0 Å². The largest absolute Gasteiger partial charge is 0.332 e. The van der Waals surface area contributed by atoms with E-state index >= 15 is 0 Å². The van der Waals surface area contributed by atoms with Gasteiger partial charge in [0.15, 0.2) is 0 Å². The highest BCUT2D eigenvalue weighted by molar-refractivity contribution is 8.03. The van der Waals surface area contributed by atoms with Crippen LogP contribution in [0.4, 0.5) is 51.2 Å². The SMILES string of the molecule is C=Nc1ccc(N(c2ccccc2)c2cccc(N(c3ccccc3)c3ccc(N=C)c(N4CSC5=C4CCCC5)c3)c2Cl)cc1C. The highest BCUT2D eigenvalue weighted by Gasteiger charge is 2.29. The zero-order valence-electron chi connectivity index (χ0n) is 26.4. The minimum absolute atomic E-state index is 0.630. The number of thioether (sulfide) groups is 1. The molecule has 0 spiro atoms. The summed E-state index contributed by atoms with van der Waals surface area (Å²) in [5.74, 6) is 0.893. The Hall–Kier alpha value is -4.78. The predicted molar refractivity (Wildman–Crippen MR) is 204 cm³/mol. The second-order valence-electron chi connectivity index (χ2n) is 11.7. The van der Waals surface area contributed by atoms with E-state index in [0.717, 1.165) is 75.5 Å². The van der Waals surface area contributed by atoms with Gasteiger partial charge in [0.1, 0.15) is 0 Å². The van der Waals surface area contributed by atoms with E-state index in [4.69, 9.17) is 11.6 Å². The minimum Gasteiger partial charge on any atom is -0.332 e. The van der Waals surface area contributed by atoms with Gasteiger partial charge in [-0.25, -0.2) is 0 Å². The fourth-order valence-corrected chi connectivity index (χ4v) is 8.10. The van der Waals surface area contributed by atoms with Gasteiger partial charge in [-0.05, 0) is 124 Å². The average Bonchev–Trinajstić information content (AvgIpc) is 3.55. The summed E-state index contributed by atoms with van der Waals surface area (Å²) in [6, 6.07) is 39.6. The van der Waals surface area contributed by atoms with E-state index in [2.05, 4.69) is 130 Å². The van der Waals surface area contributed by atoms with Gasteiger partial charge >= 0.3 is 0 Å². The Kier molecular flexibility index (Phi) is 8.88. The number of aliphatic imine (C=N–C) groups is 2. The number of aryl methyl sites for hydroxylation is 1. The number of halogens is 1. The summed E-state index contributed by atoms with van der Waals surface area (Å²) >= 11 is 9.51. The van der Waals surface area contributed by atoms with Crippen LogP contribution in [0.1, 0.15) is 31.2 Å². The lowest BCUT2D eigenvalue weighted by molar-refractivity contribution is 0.684. The average molecular weight is 654 g/mol. The minimum atomic E-state index is 0.630. The Labute approximate surface area is 286 Å². The molecule has 0 saturated heterocycles. The number of hydrogen-bond acceptors (Lipinski definition) is 6. The van der Waals surface area contributed by atoms with E-state index in [9.17, 15) is 0 Å². The van der Waals surface area contributed by atoms with Gasteiger partial charge in [0, 0.05) is 33.4 Å². The summed E-state index contributed by atoms with van der Waals surface area (Å²) in [7, 11) is 0. The highest BCUT2D eigenvalue weighted by Crippen LogP contribution is 2.50. The van der Waals surface area contributed by atoms with E-state index in [1.807, 2.05) is 42.1 Å². The van der Waals surface area contributed by atoms with Crippen molar-refractivity contribution in [2.24, 2.45) is 9.98 Å². The van der Waals surface area contributed by atoms with Crippen LogP contribution in [0.5, 0.6) is 0 Å². The molecule has 2 aliphatic rings. The quantitative estimate of drug-likeness (QED) is 0.148. The molecule has 1 aliphatic carbocycles. The summed E-state index contributed by atoms with van der Waals surface area (Å²) in [6.45, 7) is 9.72. The third kappa shape index (κ3) is 5.95. The van der Waals surface area contributed by atoms with Crippen LogP contribution in [-0.2, 0) is 0 Å². The van der Waals surface area contributed by atoms with Crippen LogP contribution in [0, 0.1) is 6.92 Å². The van der Waals surface area contributed by atoms with Crippen LogP contribution in [0.25, 0.3) is 0 Å². The molecule has 0 atom stereocenters. The third-order valence-electron chi connectivity index (χ3n) is 8.84. The van der Waals surface area contributed by atoms with E-state index in [1.54, 1.807) is 0 Å². The van der Waals surface area contributed by atoms with Crippen LogP contribution in [-0.4, -0.2) is 19.3 Å². The molecular weight excluding hydrogens is 618 g/mol. The molecule has 0 fully saturated rings. The van der Waals surface area contributed by atoms with Gasteiger partial charge in [-0.1, -0.05) is 54.1 Å². The van der Waals surface area contributed by atoms with Crippen molar-refractivity contribution in [3.05, 3.63) is 136 Å². The molecule has 234 valence electrons. The van der Waals surface area contributed by atoms with E-state index < -0.39 is 0 Å². The number of allylic oxidation sites excluding steroid dienone is 2. The summed E-state index contributed by atoms with van der Waals surface area (Å²) in [5, 5.41) is 0.630.